The van der Waals surface area contributed by atoms with Gasteiger partial charge in [0.2, 0.25) is 0 Å². The third-order valence-electron chi connectivity index (χ3n) is 3.76. The molecule has 8 nitrogen and oxygen atoms in total. The number of carbonyl (C=O) groups is 2. The number of para-hydroxylation sites is 1. The Hall–Kier alpha value is -3.42. The van der Waals surface area contributed by atoms with Gasteiger partial charge < -0.3 is 15.4 Å². The van der Waals surface area contributed by atoms with E-state index in [0.717, 1.165) is 22.7 Å². The first-order chi connectivity index (χ1) is 12.7. The smallest absolute Gasteiger partial charge is 0.325 e. The van der Waals surface area contributed by atoms with Crippen LogP contribution in [-0.4, -0.2) is 46.7 Å². The van der Waals surface area contributed by atoms with Gasteiger partial charge in [-0.1, -0.05) is 18.2 Å². The number of nitrogens with zero attached hydrogens (tertiary/aromatic N) is 3. The number of hydrogen-bond acceptors (Lipinski definition) is 5. The average molecular weight is 353 g/mol. The molecule has 0 fully saturated rings. The van der Waals surface area contributed by atoms with Crippen LogP contribution in [-0.2, 0) is 16.0 Å². The van der Waals surface area contributed by atoms with Crippen molar-refractivity contribution in [2.45, 2.75) is 6.42 Å². The van der Waals surface area contributed by atoms with E-state index in [4.69, 9.17) is 0 Å². The molecule has 0 bridgehead atoms. The fourth-order valence-corrected chi connectivity index (χ4v) is 2.55. The molecule has 0 atom stereocenters. The third kappa shape index (κ3) is 3.97. The van der Waals surface area contributed by atoms with Crippen molar-refractivity contribution in [1.82, 2.24) is 25.2 Å². The Morgan fingerprint density at radius 2 is 1.92 bits per heavy atom. The summed E-state index contributed by atoms with van der Waals surface area (Å²) in [5.41, 5.74) is 2.52. The lowest BCUT2D eigenvalue weighted by Gasteiger charge is -2.09. The van der Waals surface area contributed by atoms with Gasteiger partial charge in [-0.05, 0) is 24.3 Å². The summed E-state index contributed by atoms with van der Waals surface area (Å²) < 4.78 is 6.45. The van der Waals surface area contributed by atoms with Crippen molar-refractivity contribution in [3.05, 3.63) is 54.5 Å². The van der Waals surface area contributed by atoms with Crippen molar-refractivity contribution >= 4 is 23.2 Å². The number of ether oxygens (including phenoxy) is 1. The van der Waals surface area contributed by atoms with Crippen molar-refractivity contribution in [3.63, 3.8) is 0 Å². The highest BCUT2D eigenvalue weighted by atomic mass is 16.5. The molecular formula is C18H19N5O3. The van der Waals surface area contributed by atoms with E-state index in [1.807, 2.05) is 47.0 Å². The third-order valence-corrected chi connectivity index (χ3v) is 3.76. The summed E-state index contributed by atoms with van der Waals surface area (Å²) in [5.74, 6) is 0.287. The zero-order chi connectivity index (χ0) is 18.4. The largest absolute Gasteiger partial charge is 0.468 e. The van der Waals surface area contributed by atoms with Gasteiger partial charge in [-0.15, -0.1) is 0 Å². The number of amides is 2. The van der Waals surface area contributed by atoms with Crippen molar-refractivity contribution in [3.8, 4) is 5.69 Å². The predicted molar refractivity (Wildman–Crippen MR) is 96.0 cm³/mol. The van der Waals surface area contributed by atoms with Crippen LogP contribution in [0.4, 0.5) is 4.79 Å². The maximum Gasteiger partial charge on any atom is 0.325 e. The number of imidazole rings is 1. The Bertz CT molecular complexity index is 908. The van der Waals surface area contributed by atoms with Gasteiger partial charge >= 0.3 is 12.0 Å². The molecule has 134 valence electrons. The summed E-state index contributed by atoms with van der Waals surface area (Å²) >= 11 is 0. The predicted octanol–water partition coefficient (Wildman–Crippen LogP) is 1.44. The van der Waals surface area contributed by atoms with Gasteiger partial charge in [0, 0.05) is 24.8 Å². The van der Waals surface area contributed by atoms with Crippen molar-refractivity contribution in [2.75, 3.05) is 20.2 Å². The highest BCUT2D eigenvalue weighted by Gasteiger charge is 2.13. The molecule has 8 heteroatoms. The zero-order valence-electron chi connectivity index (χ0n) is 14.3. The van der Waals surface area contributed by atoms with Crippen LogP contribution in [0.15, 0.2) is 48.7 Å². The Balaban J connectivity index is 1.72. The SMILES string of the molecule is COC(=O)CNC(=O)NCCc1nc2cccnc2n1-c1ccccc1. The Morgan fingerprint density at radius 3 is 2.69 bits per heavy atom. The van der Waals surface area contributed by atoms with Crippen LogP contribution in [0.3, 0.4) is 0 Å². The zero-order valence-corrected chi connectivity index (χ0v) is 14.3. The van der Waals surface area contributed by atoms with E-state index in [1.165, 1.54) is 7.11 Å². The van der Waals surface area contributed by atoms with Crippen LogP contribution >= 0.6 is 0 Å². The van der Waals surface area contributed by atoms with Gasteiger partial charge in [-0.2, -0.15) is 0 Å². The minimum Gasteiger partial charge on any atom is -0.468 e. The van der Waals surface area contributed by atoms with Crippen molar-refractivity contribution in [2.24, 2.45) is 0 Å². The average Bonchev–Trinajstić information content (AvgIpc) is 3.05. The maximum atomic E-state index is 11.7. The topological polar surface area (TPSA) is 98.1 Å². The maximum absolute atomic E-state index is 11.7. The molecule has 0 unspecified atom stereocenters. The molecule has 0 saturated carbocycles. The molecule has 1 aromatic carbocycles. The molecule has 0 aliphatic heterocycles. The number of urea groups is 1. The van der Waals surface area contributed by atoms with Gasteiger partial charge in [-0.3, -0.25) is 9.36 Å². The van der Waals surface area contributed by atoms with Gasteiger partial charge in [0.15, 0.2) is 5.65 Å². The summed E-state index contributed by atoms with van der Waals surface area (Å²) in [6.45, 7) is 0.192. The first-order valence-corrected chi connectivity index (χ1v) is 8.15. The summed E-state index contributed by atoms with van der Waals surface area (Å²) in [5, 5.41) is 5.13. The van der Waals surface area contributed by atoms with Crippen LogP contribution in [0.5, 0.6) is 0 Å². The fourth-order valence-electron chi connectivity index (χ4n) is 2.55. The molecule has 2 aromatic heterocycles. The van der Waals surface area contributed by atoms with E-state index >= 15 is 0 Å². The highest BCUT2D eigenvalue weighted by Crippen LogP contribution is 2.19. The number of carbonyl (C=O) groups excluding carboxylic acids is 2. The number of rotatable bonds is 6. The molecule has 0 aliphatic rings. The van der Waals surface area contributed by atoms with E-state index in [9.17, 15) is 9.59 Å². The highest BCUT2D eigenvalue weighted by molar-refractivity contribution is 5.80. The molecule has 2 heterocycles. The number of hydrogen-bond donors (Lipinski definition) is 2. The van der Waals surface area contributed by atoms with E-state index in [0.29, 0.717) is 13.0 Å². The summed E-state index contributed by atoms with van der Waals surface area (Å²) in [4.78, 5) is 31.8. The molecular weight excluding hydrogens is 334 g/mol. The van der Waals surface area contributed by atoms with Crippen molar-refractivity contribution in [1.29, 1.82) is 0 Å². The van der Waals surface area contributed by atoms with Crippen LogP contribution in [0, 0.1) is 0 Å². The lowest BCUT2D eigenvalue weighted by Crippen LogP contribution is -2.39. The van der Waals surface area contributed by atoms with Gasteiger partial charge in [0.05, 0.1) is 7.11 Å². The monoisotopic (exact) mass is 353 g/mol. The van der Waals surface area contributed by atoms with Gasteiger partial charge in [0.1, 0.15) is 17.9 Å². The second-order valence-electron chi connectivity index (χ2n) is 5.48. The molecule has 0 spiro atoms. The number of pyridine rings is 1. The number of benzene rings is 1. The molecule has 0 radical (unpaired) electrons. The Labute approximate surface area is 150 Å². The summed E-state index contributed by atoms with van der Waals surface area (Å²) in [6, 6.07) is 13.1. The standard InChI is InChI=1S/C18H19N5O3/c1-26-16(24)12-21-18(25)20-11-9-15-22-14-8-5-10-19-17(14)23(15)13-6-3-2-4-7-13/h2-8,10H,9,11-12H2,1H3,(H2,20,21,25). The second kappa shape index (κ2) is 8.11. The van der Waals surface area contributed by atoms with Crippen LogP contribution in [0.1, 0.15) is 5.82 Å². The molecule has 3 aromatic rings. The first-order valence-electron chi connectivity index (χ1n) is 8.15. The normalized spacial score (nSPS) is 10.5. The van der Waals surface area contributed by atoms with E-state index in [1.54, 1.807) is 6.20 Å². The number of methoxy groups -OCH3 is 1. The lowest BCUT2D eigenvalue weighted by atomic mass is 10.3. The van der Waals surface area contributed by atoms with Crippen LogP contribution in [0.2, 0.25) is 0 Å². The molecule has 0 aliphatic carbocycles. The van der Waals surface area contributed by atoms with Crippen molar-refractivity contribution < 1.29 is 14.3 Å². The molecule has 2 N–H and O–H groups in total. The lowest BCUT2D eigenvalue weighted by molar-refractivity contribution is -0.139. The van der Waals surface area contributed by atoms with Crippen LogP contribution in [0.25, 0.3) is 16.9 Å². The van der Waals surface area contributed by atoms with E-state index in [2.05, 4.69) is 25.3 Å². The first kappa shape index (κ1) is 17.4. The van der Waals surface area contributed by atoms with Gasteiger partial charge in [-0.25, -0.2) is 14.8 Å². The molecule has 26 heavy (non-hydrogen) atoms. The molecule has 2 amide bonds. The molecule has 0 saturated heterocycles. The molecule has 3 rings (SSSR count). The number of esters is 1. The van der Waals surface area contributed by atoms with E-state index < -0.39 is 12.0 Å². The number of nitrogens with one attached hydrogen (secondary N) is 2. The number of aromatic nitrogens is 3. The van der Waals surface area contributed by atoms with E-state index in [-0.39, 0.29) is 6.54 Å². The van der Waals surface area contributed by atoms with Gasteiger partial charge in [0.25, 0.3) is 0 Å². The Morgan fingerprint density at radius 1 is 1.12 bits per heavy atom. The second-order valence-corrected chi connectivity index (χ2v) is 5.48. The summed E-state index contributed by atoms with van der Waals surface area (Å²) in [7, 11) is 1.27. The quantitative estimate of drug-likeness (QED) is 0.654. The minimum atomic E-state index is -0.503. The Kier molecular flexibility index (Phi) is 5.43. The summed E-state index contributed by atoms with van der Waals surface area (Å²) in [6.07, 6.45) is 2.24. The fraction of sp³-hybridized carbons (Fsp3) is 0.222. The minimum absolute atomic E-state index is 0.172. The van der Waals surface area contributed by atoms with Crippen LogP contribution < -0.4 is 10.6 Å². The number of fused-ring (bicyclic) bond motifs is 1.